The van der Waals surface area contributed by atoms with E-state index < -0.39 is 0 Å². The Labute approximate surface area is 117 Å². The summed E-state index contributed by atoms with van der Waals surface area (Å²) < 4.78 is 15.6. The van der Waals surface area contributed by atoms with Gasteiger partial charge in [0.15, 0.2) is 17.3 Å². The van der Waals surface area contributed by atoms with Gasteiger partial charge in [0.25, 0.3) is 0 Å². The van der Waals surface area contributed by atoms with Crippen LogP contribution in [0.5, 0.6) is 17.2 Å². The molecule has 0 heterocycles. The van der Waals surface area contributed by atoms with Crippen LogP contribution in [0.3, 0.4) is 0 Å². The summed E-state index contributed by atoms with van der Waals surface area (Å²) in [6.45, 7) is 0. The van der Waals surface area contributed by atoms with Crippen molar-refractivity contribution < 1.29 is 19.0 Å². The third-order valence-corrected chi connectivity index (χ3v) is 3.00. The zero-order chi connectivity index (χ0) is 14.5. The molecule has 4 heteroatoms. The first-order valence-electron chi connectivity index (χ1n) is 6.11. The predicted molar refractivity (Wildman–Crippen MR) is 76.0 cm³/mol. The van der Waals surface area contributed by atoms with Crippen LogP contribution in [-0.4, -0.2) is 27.1 Å². The van der Waals surface area contributed by atoms with E-state index >= 15 is 0 Å². The highest BCUT2D eigenvalue weighted by Gasteiger charge is 2.17. The smallest absolute Gasteiger partial charge is 0.196 e. The van der Waals surface area contributed by atoms with Gasteiger partial charge in [-0.15, -0.1) is 0 Å². The molecule has 2 aromatic carbocycles. The SMILES string of the molecule is COc1ccc(C(=O)c2cccc(OC)c2OC)cc1. The van der Waals surface area contributed by atoms with Crippen molar-refractivity contribution in [1.82, 2.24) is 0 Å². The van der Waals surface area contributed by atoms with Gasteiger partial charge < -0.3 is 14.2 Å². The molecule has 104 valence electrons. The number of carbonyl (C=O) groups excluding carboxylic acids is 1. The summed E-state index contributed by atoms with van der Waals surface area (Å²) in [5.74, 6) is 1.56. The van der Waals surface area contributed by atoms with Crippen molar-refractivity contribution in [2.24, 2.45) is 0 Å². The third kappa shape index (κ3) is 2.59. The normalized spacial score (nSPS) is 9.95. The number of ketones is 1. The van der Waals surface area contributed by atoms with E-state index in [9.17, 15) is 4.79 Å². The van der Waals surface area contributed by atoms with Crippen LogP contribution in [0, 0.1) is 0 Å². The number of para-hydroxylation sites is 1. The Morgan fingerprint density at radius 1 is 0.850 bits per heavy atom. The number of benzene rings is 2. The minimum absolute atomic E-state index is 0.122. The van der Waals surface area contributed by atoms with E-state index in [0.717, 1.165) is 0 Å². The van der Waals surface area contributed by atoms with Crippen LogP contribution < -0.4 is 14.2 Å². The van der Waals surface area contributed by atoms with Gasteiger partial charge in [-0.2, -0.15) is 0 Å². The summed E-state index contributed by atoms with van der Waals surface area (Å²) in [5, 5.41) is 0. The highest BCUT2D eigenvalue weighted by Crippen LogP contribution is 2.32. The Morgan fingerprint density at radius 3 is 2.10 bits per heavy atom. The summed E-state index contributed by atoms with van der Waals surface area (Å²) in [4.78, 5) is 12.5. The topological polar surface area (TPSA) is 44.8 Å². The van der Waals surface area contributed by atoms with Crippen LogP contribution in [0.2, 0.25) is 0 Å². The summed E-state index contributed by atoms with van der Waals surface area (Å²) in [6, 6.07) is 12.2. The fourth-order valence-electron chi connectivity index (χ4n) is 1.96. The Kier molecular flexibility index (Phi) is 4.25. The second-order valence-electron chi connectivity index (χ2n) is 4.10. The Hall–Kier alpha value is -2.49. The van der Waals surface area contributed by atoms with E-state index in [0.29, 0.717) is 28.4 Å². The Bertz CT molecular complexity index is 602. The number of carbonyl (C=O) groups is 1. The Balaban J connectivity index is 2.42. The van der Waals surface area contributed by atoms with Crippen molar-refractivity contribution in [3.05, 3.63) is 53.6 Å². The molecule has 0 unspecified atom stereocenters. The first-order chi connectivity index (χ1) is 9.71. The van der Waals surface area contributed by atoms with E-state index in [2.05, 4.69) is 0 Å². The van der Waals surface area contributed by atoms with Crippen LogP contribution >= 0.6 is 0 Å². The monoisotopic (exact) mass is 272 g/mol. The second-order valence-corrected chi connectivity index (χ2v) is 4.10. The molecule has 0 spiro atoms. The molecule has 4 nitrogen and oxygen atoms in total. The van der Waals surface area contributed by atoms with Crippen molar-refractivity contribution in [2.45, 2.75) is 0 Å². The van der Waals surface area contributed by atoms with E-state index in [-0.39, 0.29) is 5.78 Å². The van der Waals surface area contributed by atoms with Gasteiger partial charge in [0.2, 0.25) is 0 Å². The summed E-state index contributed by atoms with van der Waals surface area (Å²) in [6.07, 6.45) is 0. The predicted octanol–water partition coefficient (Wildman–Crippen LogP) is 2.94. The number of rotatable bonds is 5. The highest BCUT2D eigenvalue weighted by molar-refractivity contribution is 6.11. The molecule has 0 aliphatic rings. The summed E-state index contributed by atoms with van der Waals surface area (Å²) in [5.41, 5.74) is 1.04. The largest absolute Gasteiger partial charge is 0.497 e. The van der Waals surface area contributed by atoms with Gasteiger partial charge in [0.1, 0.15) is 5.75 Å². The maximum absolute atomic E-state index is 12.5. The molecule has 2 aromatic rings. The molecule has 0 N–H and O–H groups in total. The number of ether oxygens (including phenoxy) is 3. The van der Waals surface area contributed by atoms with Gasteiger partial charge in [0, 0.05) is 5.56 Å². The first kappa shape index (κ1) is 13.9. The molecule has 0 aliphatic carbocycles. The van der Waals surface area contributed by atoms with Crippen molar-refractivity contribution in [3.8, 4) is 17.2 Å². The fraction of sp³-hybridized carbons (Fsp3) is 0.188. The van der Waals surface area contributed by atoms with E-state index in [1.54, 1.807) is 56.7 Å². The van der Waals surface area contributed by atoms with Crippen molar-refractivity contribution in [2.75, 3.05) is 21.3 Å². The van der Waals surface area contributed by atoms with Gasteiger partial charge in [-0.05, 0) is 36.4 Å². The van der Waals surface area contributed by atoms with Gasteiger partial charge in [-0.25, -0.2) is 0 Å². The van der Waals surface area contributed by atoms with Crippen LogP contribution in [0.1, 0.15) is 15.9 Å². The number of hydrogen-bond acceptors (Lipinski definition) is 4. The van der Waals surface area contributed by atoms with Gasteiger partial charge in [0.05, 0.1) is 26.9 Å². The summed E-state index contributed by atoms with van der Waals surface area (Å²) in [7, 11) is 4.64. The maximum Gasteiger partial charge on any atom is 0.196 e. The number of hydrogen-bond donors (Lipinski definition) is 0. The molecule has 2 rings (SSSR count). The van der Waals surface area contributed by atoms with Crippen LogP contribution in [0.15, 0.2) is 42.5 Å². The molecule has 0 aliphatic heterocycles. The van der Waals surface area contributed by atoms with Crippen molar-refractivity contribution in [1.29, 1.82) is 0 Å². The maximum atomic E-state index is 12.5. The fourth-order valence-corrected chi connectivity index (χ4v) is 1.96. The molecular weight excluding hydrogens is 256 g/mol. The lowest BCUT2D eigenvalue weighted by Crippen LogP contribution is -2.05. The van der Waals surface area contributed by atoms with E-state index in [1.807, 2.05) is 0 Å². The molecule has 20 heavy (non-hydrogen) atoms. The zero-order valence-corrected chi connectivity index (χ0v) is 11.7. The molecule has 0 saturated carbocycles. The van der Waals surface area contributed by atoms with Crippen molar-refractivity contribution in [3.63, 3.8) is 0 Å². The molecular formula is C16H16O4. The zero-order valence-electron chi connectivity index (χ0n) is 11.7. The molecule has 0 atom stereocenters. The quantitative estimate of drug-likeness (QED) is 0.785. The Morgan fingerprint density at radius 2 is 1.55 bits per heavy atom. The second kappa shape index (κ2) is 6.10. The van der Waals surface area contributed by atoms with Gasteiger partial charge >= 0.3 is 0 Å². The lowest BCUT2D eigenvalue weighted by atomic mass is 10.0. The van der Waals surface area contributed by atoms with Crippen LogP contribution in [-0.2, 0) is 0 Å². The molecule has 0 saturated heterocycles. The third-order valence-electron chi connectivity index (χ3n) is 3.00. The molecule has 0 radical (unpaired) electrons. The average Bonchev–Trinajstić information content (AvgIpc) is 2.53. The van der Waals surface area contributed by atoms with Crippen molar-refractivity contribution >= 4 is 5.78 Å². The number of methoxy groups -OCH3 is 3. The van der Waals surface area contributed by atoms with Gasteiger partial charge in [-0.1, -0.05) is 6.07 Å². The minimum Gasteiger partial charge on any atom is -0.497 e. The van der Waals surface area contributed by atoms with E-state index in [1.165, 1.54) is 7.11 Å². The molecule has 0 aromatic heterocycles. The first-order valence-corrected chi connectivity index (χ1v) is 6.11. The minimum atomic E-state index is -0.122. The van der Waals surface area contributed by atoms with Crippen LogP contribution in [0.4, 0.5) is 0 Å². The summed E-state index contributed by atoms with van der Waals surface area (Å²) >= 11 is 0. The molecule has 0 amide bonds. The average molecular weight is 272 g/mol. The lowest BCUT2D eigenvalue weighted by Gasteiger charge is -2.11. The molecule has 0 bridgehead atoms. The standard InChI is InChI=1S/C16H16O4/c1-18-12-9-7-11(8-10-12)15(17)13-5-4-6-14(19-2)16(13)20-3/h4-10H,1-3H3. The van der Waals surface area contributed by atoms with Crippen LogP contribution in [0.25, 0.3) is 0 Å². The highest BCUT2D eigenvalue weighted by atomic mass is 16.5. The lowest BCUT2D eigenvalue weighted by molar-refractivity contribution is 0.103. The van der Waals surface area contributed by atoms with E-state index in [4.69, 9.17) is 14.2 Å². The molecule has 0 fully saturated rings. The van der Waals surface area contributed by atoms with Gasteiger partial charge in [-0.3, -0.25) is 4.79 Å².